The van der Waals surface area contributed by atoms with Crippen molar-refractivity contribution in [2.24, 2.45) is 0 Å². The molecule has 0 spiro atoms. The van der Waals surface area contributed by atoms with Crippen molar-refractivity contribution in [2.75, 3.05) is 5.32 Å². The number of benzene rings is 1. The Morgan fingerprint density at radius 1 is 1.25 bits per heavy atom. The van der Waals surface area contributed by atoms with Crippen LogP contribution in [0, 0.1) is 5.82 Å². The van der Waals surface area contributed by atoms with Gasteiger partial charge in [0, 0.05) is 10.9 Å². The number of hydrogen-bond acceptors (Lipinski definition) is 7. The van der Waals surface area contributed by atoms with Gasteiger partial charge in [0.05, 0.1) is 4.90 Å². The van der Waals surface area contributed by atoms with Gasteiger partial charge in [-0.05, 0) is 31.0 Å². The first-order valence-electron chi connectivity index (χ1n) is 6.55. The van der Waals surface area contributed by atoms with Crippen LogP contribution < -0.4 is 5.32 Å². The average molecular weight is 399 g/mol. The second kappa shape index (κ2) is 6.15. The van der Waals surface area contributed by atoms with Crippen LogP contribution in [0.15, 0.2) is 32.3 Å². The normalized spacial score (nSPS) is 15.5. The van der Waals surface area contributed by atoms with E-state index in [1.165, 1.54) is 0 Å². The molecule has 1 aliphatic rings. The highest BCUT2D eigenvalue weighted by Gasteiger charge is 2.48. The van der Waals surface area contributed by atoms with Crippen LogP contribution in [0.4, 0.5) is 22.7 Å². The summed E-state index contributed by atoms with van der Waals surface area (Å²) in [6.45, 7) is 0. The first-order valence-corrected chi connectivity index (χ1v) is 9.67. The van der Waals surface area contributed by atoms with Gasteiger partial charge in [-0.2, -0.15) is 13.2 Å². The van der Waals surface area contributed by atoms with Gasteiger partial charge in [0.25, 0.3) is 9.84 Å². The van der Waals surface area contributed by atoms with E-state index in [9.17, 15) is 26.0 Å². The molecule has 1 aromatic carbocycles. The Kier molecular flexibility index (Phi) is 4.47. The molecule has 130 valence electrons. The van der Waals surface area contributed by atoms with E-state index in [4.69, 9.17) is 0 Å². The molecular weight excluding hydrogens is 390 g/mol. The molecule has 1 aliphatic carbocycles. The second-order valence-corrected chi connectivity index (χ2v) is 9.11. The minimum absolute atomic E-state index is 0.253. The SMILES string of the molecule is O=S(=O)(c1cc(F)ccc1Sc1nnc(NC2CC2)s1)C(F)(F)F. The minimum Gasteiger partial charge on any atom is -0.357 e. The Bertz CT molecular complexity index is 863. The number of hydrogen-bond donors (Lipinski definition) is 1. The van der Waals surface area contributed by atoms with Crippen LogP contribution in [0.3, 0.4) is 0 Å². The third-order valence-electron chi connectivity index (χ3n) is 3.01. The summed E-state index contributed by atoms with van der Waals surface area (Å²) in [5, 5.41) is 11.2. The van der Waals surface area contributed by atoms with Crippen molar-refractivity contribution < 1.29 is 26.0 Å². The number of sulfone groups is 1. The summed E-state index contributed by atoms with van der Waals surface area (Å²) >= 11 is 1.78. The first-order chi connectivity index (χ1) is 11.2. The molecule has 1 fully saturated rings. The number of nitrogens with zero attached hydrogens (tertiary/aromatic N) is 2. The van der Waals surface area contributed by atoms with Gasteiger partial charge in [0.15, 0.2) is 4.34 Å². The smallest absolute Gasteiger partial charge is 0.357 e. The fourth-order valence-electron chi connectivity index (χ4n) is 1.71. The summed E-state index contributed by atoms with van der Waals surface area (Å²) in [5.41, 5.74) is -5.52. The van der Waals surface area contributed by atoms with Crippen LogP contribution in [-0.4, -0.2) is 30.2 Å². The van der Waals surface area contributed by atoms with Gasteiger partial charge in [0.1, 0.15) is 5.82 Å². The maximum atomic E-state index is 13.3. The van der Waals surface area contributed by atoms with Gasteiger partial charge >= 0.3 is 5.51 Å². The van der Waals surface area contributed by atoms with Crippen molar-refractivity contribution in [3.05, 3.63) is 24.0 Å². The lowest BCUT2D eigenvalue weighted by Gasteiger charge is -2.11. The Labute approximate surface area is 142 Å². The van der Waals surface area contributed by atoms with E-state index in [0.29, 0.717) is 29.0 Å². The molecule has 1 saturated carbocycles. The highest BCUT2D eigenvalue weighted by Crippen LogP contribution is 2.40. The van der Waals surface area contributed by atoms with E-state index >= 15 is 0 Å². The molecule has 2 aromatic rings. The number of nitrogens with one attached hydrogen (secondary N) is 1. The van der Waals surface area contributed by atoms with E-state index in [2.05, 4.69) is 15.5 Å². The lowest BCUT2D eigenvalue weighted by atomic mass is 10.3. The summed E-state index contributed by atoms with van der Waals surface area (Å²) in [6, 6.07) is 2.55. The summed E-state index contributed by atoms with van der Waals surface area (Å²) in [4.78, 5) is -1.39. The third kappa shape index (κ3) is 3.64. The zero-order chi connectivity index (χ0) is 17.5. The van der Waals surface area contributed by atoms with E-state index in [0.717, 1.165) is 36.3 Å². The van der Waals surface area contributed by atoms with Crippen LogP contribution in [-0.2, 0) is 9.84 Å². The molecule has 1 N–H and O–H groups in total. The van der Waals surface area contributed by atoms with Gasteiger partial charge in [0.2, 0.25) is 5.13 Å². The molecule has 1 aromatic heterocycles. The molecule has 3 rings (SSSR count). The minimum atomic E-state index is -5.67. The number of alkyl halides is 3. The molecule has 0 amide bonds. The molecule has 0 saturated heterocycles. The summed E-state index contributed by atoms with van der Waals surface area (Å²) in [5.74, 6) is -1.07. The molecule has 0 bridgehead atoms. The Morgan fingerprint density at radius 3 is 2.58 bits per heavy atom. The van der Waals surface area contributed by atoms with Gasteiger partial charge in [-0.25, -0.2) is 12.8 Å². The van der Waals surface area contributed by atoms with Crippen LogP contribution in [0.25, 0.3) is 0 Å². The summed E-state index contributed by atoms with van der Waals surface area (Å²) < 4.78 is 75.1. The van der Waals surface area contributed by atoms with Gasteiger partial charge in [-0.1, -0.05) is 23.1 Å². The molecule has 0 aliphatic heterocycles. The van der Waals surface area contributed by atoms with Crippen molar-refractivity contribution in [2.45, 2.75) is 38.5 Å². The highest BCUT2D eigenvalue weighted by atomic mass is 32.2. The first kappa shape index (κ1) is 17.4. The fraction of sp³-hybridized carbons (Fsp3) is 0.333. The molecule has 5 nitrogen and oxygen atoms in total. The largest absolute Gasteiger partial charge is 0.501 e. The van der Waals surface area contributed by atoms with Crippen LogP contribution in [0.5, 0.6) is 0 Å². The van der Waals surface area contributed by atoms with Crippen molar-refractivity contribution in [1.82, 2.24) is 10.2 Å². The predicted octanol–water partition coefficient (Wildman–Crippen LogP) is 3.70. The zero-order valence-electron chi connectivity index (χ0n) is 11.7. The summed E-state index contributed by atoms with van der Waals surface area (Å²) in [6.07, 6.45) is 2.02. The molecule has 0 radical (unpaired) electrons. The Hall–Kier alpha value is -1.40. The van der Waals surface area contributed by atoms with E-state index in [1.54, 1.807) is 0 Å². The van der Waals surface area contributed by atoms with Crippen LogP contribution >= 0.6 is 23.1 Å². The van der Waals surface area contributed by atoms with Crippen LogP contribution in [0.2, 0.25) is 0 Å². The fourth-order valence-corrected chi connectivity index (χ4v) is 4.80. The number of aromatic nitrogens is 2. The molecular formula is C12H9F4N3O2S3. The molecule has 24 heavy (non-hydrogen) atoms. The number of halogens is 4. The van der Waals surface area contributed by atoms with Gasteiger partial charge in [-0.15, -0.1) is 10.2 Å². The predicted molar refractivity (Wildman–Crippen MR) is 80.3 cm³/mol. The topological polar surface area (TPSA) is 72.0 Å². The maximum absolute atomic E-state index is 13.3. The van der Waals surface area contributed by atoms with E-state index in [-0.39, 0.29) is 9.24 Å². The Balaban J connectivity index is 1.92. The van der Waals surface area contributed by atoms with E-state index < -0.39 is 26.1 Å². The quantitative estimate of drug-likeness (QED) is 0.773. The van der Waals surface area contributed by atoms with Gasteiger partial charge < -0.3 is 5.32 Å². The van der Waals surface area contributed by atoms with Crippen molar-refractivity contribution >= 4 is 38.1 Å². The molecule has 12 heteroatoms. The second-order valence-electron chi connectivity index (χ2n) is 4.93. The third-order valence-corrected chi connectivity index (χ3v) is 6.65. The number of rotatable bonds is 5. The average Bonchev–Trinajstić information content (AvgIpc) is 3.18. The zero-order valence-corrected chi connectivity index (χ0v) is 14.1. The number of anilines is 1. The molecule has 0 unspecified atom stereocenters. The van der Waals surface area contributed by atoms with Crippen molar-refractivity contribution in [3.8, 4) is 0 Å². The van der Waals surface area contributed by atoms with Crippen LogP contribution in [0.1, 0.15) is 12.8 Å². The standard InChI is InChI=1S/C12H9F4N3O2S3/c13-6-1-4-8(9(5-6)24(20,21)12(14,15)16)22-11-19-18-10(23-11)17-7-2-3-7/h1,4-5,7H,2-3H2,(H,17,18). The highest BCUT2D eigenvalue weighted by molar-refractivity contribution is 8.02. The molecule has 0 atom stereocenters. The van der Waals surface area contributed by atoms with E-state index in [1.807, 2.05) is 0 Å². The maximum Gasteiger partial charge on any atom is 0.501 e. The Morgan fingerprint density at radius 2 is 1.96 bits per heavy atom. The van der Waals surface area contributed by atoms with Gasteiger partial charge in [-0.3, -0.25) is 0 Å². The van der Waals surface area contributed by atoms with Crippen molar-refractivity contribution in [1.29, 1.82) is 0 Å². The van der Waals surface area contributed by atoms with Crippen molar-refractivity contribution in [3.63, 3.8) is 0 Å². The molecule has 1 heterocycles. The lowest BCUT2D eigenvalue weighted by Crippen LogP contribution is -2.24. The lowest BCUT2D eigenvalue weighted by molar-refractivity contribution is -0.0437. The summed E-state index contributed by atoms with van der Waals surface area (Å²) in [7, 11) is -5.67. The monoisotopic (exact) mass is 399 g/mol.